The van der Waals surface area contributed by atoms with Crippen molar-refractivity contribution in [2.75, 3.05) is 13.2 Å². The SMILES string of the molecule is CCCOCc1noc(CCC(CCN)C(C)(C)C)n1. The van der Waals surface area contributed by atoms with E-state index in [9.17, 15) is 0 Å². The number of aryl methyl sites for hydroxylation is 1. The van der Waals surface area contributed by atoms with E-state index >= 15 is 0 Å². The van der Waals surface area contributed by atoms with E-state index in [-0.39, 0.29) is 5.41 Å². The summed E-state index contributed by atoms with van der Waals surface area (Å²) in [6, 6.07) is 0. The second-order valence-electron chi connectivity index (χ2n) is 6.34. The number of rotatable bonds is 9. The summed E-state index contributed by atoms with van der Waals surface area (Å²) < 4.78 is 10.7. The zero-order valence-corrected chi connectivity index (χ0v) is 13.3. The first-order valence-corrected chi connectivity index (χ1v) is 7.56. The van der Waals surface area contributed by atoms with Gasteiger partial charge in [-0.15, -0.1) is 0 Å². The minimum Gasteiger partial charge on any atom is -0.373 e. The van der Waals surface area contributed by atoms with Gasteiger partial charge < -0.3 is 15.0 Å². The molecule has 2 N–H and O–H groups in total. The van der Waals surface area contributed by atoms with Crippen molar-refractivity contribution in [3.8, 4) is 0 Å². The number of ether oxygens (including phenoxy) is 1. The number of hydrogen-bond acceptors (Lipinski definition) is 5. The Morgan fingerprint density at radius 1 is 1.30 bits per heavy atom. The predicted octanol–water partition coefficient (Wildman–Crippen LogP) is 2.94. The molecule has 1 aromatic heterocycles. The minimum atomic E-state index is 0.256. The van der Waals surface area contributed by atoms with Gasteiger partial charge in [0, 0.05) is 13.0 Å². The van der Waals surface area contributed by atoms with Crippen molar-refractivity contribution >= 4 is 0 Å². The molecule has 0 radical (unpaired) electrons. The summed E-state index contributed by atoms with van der Waals surface area (Å²) in [5.41, 5.74) is 5.96. The molecular formula is C15H29N3O2. The molecule has 1 rings (SSSR count). The van der Waals surface area contributed by atoms with Crippen molar-refractivity contribution in [3.63, 3.8) is 0 Å². The molecule has 0 saturated carbocycles. The van der Waals surface area contributed by atoms with Crippen LogP contribution in [0.5, 0.6) is 0 Å². The largest absolute Gasteiger partial charge is 0.373 e. The molecule has 0 aromatic carbocycles. The van der Waals surface area contributed by atoms with Crippen molar-refractivity contribution < 1.29 is 9.26 Å². The van der Waals surface area contributed by atoms with Crippen LogP contribution in [-0.4, -0.2) is 23.3 Å². The van der Waals surface area contributed by atoms with Gasteiger partial charge in [-0.05, 0) is 37.1 Å². The fourth-order valence-electron chi connectivity index (χ4n) is 2.27. The molecule has 20 heavy (non-hydrogen) atoms. The Morgan fingerprint density at radius 2 is 2.05 bits per heavy atom. The molecule has 116 valence electrons. The predicted molar refractivity (Wildman–Crippen MR) is 79.2 cm³/mol. The Balaban J connectivity index is 2.43. The van der Waals surface area contributed by atoms with E-state index in [4.69, 9.17) is 15.0 Å². The highest BCUT2D eigenvalue weighted by Crippen LogP contribution is 2.31. The Hall–Kier alpha value is -0.940. The van der Waals surface area contributed by atoms with E-state index in [1.54, 1.807) is 0 Å². The second-order valence-corrected chi connectivity index (χ2v) is 6.34. The molecule has 0 aliphatic carbocycles. The van der Waals surface area contributed by atoms with Gasteiger partial charge in [0.2, 0.25) is 5.89 Å². The zero-order chi connectivity index (χ0) is 15.0. The van der Waals surface area contributed by atoms with E-state index < -0.39 is 0 Å². The topological polar surface area (TPSA) is 74.2 Å². The second kappa shape index (κ2) is 8.37. The fourth-order valence-corrected chi connectivity index (χ4v) is 2.27. The van der Waals surface area contributed by atoms with Gasteiger partial charge in [-0.3, -0.25) is 0 Å². The summed E-state index contributed by atoms with van der Waals surface area (Å²) >= 11 is 0. The lowest BCUT2D eigenvalue weighted by Crippen LogP contribution is -2.24. The maximum absolute atomic E-state index is 5.70. The quantitative estimate of drug-likeness (QED) is 0.705. The van der Waals surface area contributed by atoms with Crippen molar-refractivity contribution in [2.45, 2.75) is 60.0 Å². The van der Waals surface area contributed by atoms with Crippen LogP contribution in [0, 0.1) is 11.3 Å². The summed E-state index contributed by atoms with van der Waals surface area (Å²) in [6.45, 7) is 10.7. The summed E-state index contributed by atoms with van der Waals surface area (Å²) in [5.74, 6) is 1.91. The average molecular weight is 283 g/mol. The van der Waals surface area contributed by atoms with Crippen LogP contribution in [0.2, 0.25) is 0 Å². The molecule has 0 aliphatic rings. The highest BCUT2D eigenvalue weighted by atomic mass is 16.5. The summed E-state index contributed by atoms with van der Waals surface area (Å²) in [4.78, 5) is 4.36. The molecule has 1 unspecified atom stereocenters. The summed E-state index contributed by atoms with van der Waals surface area (Å²) in [7, 11) is 0. The van der Waals surface area contributed by atoms with E-state index in [1.807, 2.05) is 0 Å². The van der Waals surface area contributed by atoms with Crippen LogP contribution < -0.4 is 5.73 Å². The zero-order valence-electron chi connectivity index (χ0n) is 13.3. The van der Waals surface area contributed by atoms with Gasteiger partial charge in [0.1, 0.15) is 6.61 Å². The molecule has 1 atom stereocenters. The van der Waals surface area contributed by atoms with Gasteiger partial charge in [0.15, 0.2) is 5.82 Å². The molecule has 5 heteroatoms. The van der Waals surface area contributed by atoms with Gasteiger partial charge in [-0.1, -0.05) is 32.9 Å². The first kappa shape index (κ1) is 17.1. The van der Waals surface area contributed by atoms with Crippen LogP contribution >= 0.6 is 0 Å². The monoisotopic (exact) mass is 283 g/mol. The highest BCUT2D eigenvalue weighted by molar-refractivity contribution is 4.86. The molecule has 1 aromatic rings. The normalized spacial score (nSPS) is 13.7. The average Bonchev–Trinajstić information content (AvgIpc) is 2.81. The third-order valence-electron chi connectivity index (χ3n) is 3.54. The van der Waals surface area contributed by atoms with Crippen LogP contribution in [0.25, 0.3) is 0 Å². The van der Waals surface area contributed by atoms with Crippen molar-refractivity contribution in [3.05, 3.63) is 11.7 Å². The lowest BCUT2D eigenvalue weighted by Gasteiger charge is -2.30. The maximum atomic E-state index is 5.70. The molecular weight excluding hydrogens is 254 g/mol. The number of aromatic nitrogens is 2. The van der Waals surface area contributed by atoms with Crippen LogP contribution in [0.15, 0.2) is 4.52 Å². The lowest BCUT2D eigenvalue weighted by atomic mass is 9.76. The molecule has 0 bridgehead atoms. The standard InChI is InChI=1S/C15H29N3O2/c1-5-10-19-11-13-17-14(20-18-13)7-6-12(8-9-16)15(2,3)4/h12H,5-11,16H2,1-4H3. The molecule has 0 amide bonds. The van der Waals surface area contributed by atoms with E-state index in [1.165, 1.54) is 0 Å². The number of hydrogen-bond donors (Lipinski definition) is 1. The smallest absolute Gasteiger partial charge is 0.226 e. The molecule has 5 nitrogen and oxygen atoms in total. The van der Waals surface area contributed by atoms with E-state index in [0.29, 0.717) is 24.2 Å². The fraction of sp³-hybridized carbons (Fsp3) is 0.867. The van der Waals surface area contributed by atoms with Gasteiger partial charge in [-0.25, -0.2) is 0 Å². The van der Waals surface area contributed by atoms with Crippen LogP contribution in [0.4, 0.5) is 0 Å². The van der Waals surface area contributed by atoms with Crippen LogP contribution in [0.1, 0.15) is 58.7 Å². The van der Waals surface area contributed by atoms with Gasteiger partial charge in [0.05, 0.1) is 0 Å². The first-order chi connectivity index (χ1) is 9.47. The Bertz CT molecular complexity index is 371. The van der Waals surface area contributed by atoms with E-state index in [0.717, 1.165) is 38.8 Å². The van der Waals surface area contributed by atoms with Crippen LogP contribution in [-0.2, 0) is 17.8 Å². The van der Waals surface area contributed by atoms with Crippen molar-refractivity contribution in [1.29, 1.82) is 0 Å². The number of nitrogens with two attached hydrogens (primary N) is 1. The van der Waals surface area contributed by atoms with E-state index in [2.05, 4.69) is 37.8 Å². The maximum Gasteiger partial charge on any atom is 0.226 e. The minimum absolute atomic E-state index is 0.256. The molecule has 1 heterocycles. The first-order valence-electron chi connectivity index (χ1n) is 7.56. The van der Waals surface area contributed by atoms with Crippen molar-refractivity contribution in [2.24, 2.45) is 17.1 Å². The lowest BCUT2D eigenvalue weighted by molar-refractivity contribution is 0.114. The number of nitrogens with zero attached hydrogens (tertiary/aromatic N) is 2. The third kappa shape index (κ3) is 6.01. The Morgan fingerprint density at radius 3 is 2.65 bits per heavy atom. The molecule has 0 fully saturated rings. The molecule has 0 saturated heterocycles. The third-order valence-corrected chi connectivity index (χ3v) is 3.54. The summed E-state index contributed by atoms with van der Waals surface area (Å²) in [5, 5.41) is 3.94. The molecule has 0 spiro atoms. The highest BCUT2D eigenvalue weighted by Gasteiger charge is 2.24. The Kier molecular flexibility index (Phi) is 7.16. The Labute approximate surface area is 122 Å². The van der Waals surface area contributed by atoms with Crippen LogP contribution in [0.3, 0.4) is 0 Å². The molecule has 0 aliphatic heterocycles. The summed E-state index contributed by atoms with van der Waals surface area (Å²) in [6.07, 6.45) is 3.86. The van der Waals surface area contributed by atoms with Gasteiger partial charge in [0.25, 0.3) is 0 Å². The van der Waals surface area contributed by atoms with Gasteiger partial charge >= 0.3 is 0 Å². The van der Waals surface area contributed by atoms with Crippen molar-refractivity contribution in [1.82, 2.24) is 10.1 Å². The van der Waals surface area contributed by atoms with Gasteiger partial charge in [-0.2, -0.15) is 4.98 Å².